The Balaban J connectivity index is 0.00000364. The number of guanidine groups is 1. The van der Waals surface area contributed by atoms with E-state index in [9.17, 15) is 8.42 Å². The second-order valence-electron chi connectivity index (χ2n) is 6.88. The van der Waals surface area contributed by atoms with Gasteiger partial charge in [-0.3, -0.25) is 4.99 Å². The number of aliphatic imine (C=N–C) groups is 1. The first-order chi connectivity index (χ1) is 12.5. The molecular weight excluding hydrogens is 483 g/mol. The van der Waals surface area contributed by atoms with Crippen molar-refractivity contribution in [2.45, 2.75) is 38.6 Å². The van der Waals surface area contributed by atoms with E-state index in [4.69, 9.17) is 9.47 Å². The number of ether oxygens (including phenoxy) is 2. The van der Waals surface area contributed by atoms with Crippen LogP contribution in [0.5, 0.6) is 0 Å². The molecule has 2 aliphatic heterocycles. The first kappa shape index (κ1) is 24.9. The van der Waals surface area contributed by atoms with Gasteiger partial charge in [0, 0.05) is 51.9 Å². The fourth-order valence-corrected chi connectivity index (χ4v) is 4.33. The van der Waals surface area contributed by atoms with E-state index < -0.39 is 10.0 Å². The van der Waals surface area contributed by atoms with E-state index in [1.165, 1.54) is 0 Å². The van der Waals surface area contributed by atoms with Crippen LogP contribution >= 0.6 is 24.0 Å². The Bertz CT molecular complexity index is 533. The fourth-order valence-electron chi connectivity index (χ4n) is 3.19. The van der Waals surface area contributed by atoms with Gasteiger partial charge < -0.3 is 20.1 Å². The number of hydrogen-bond donors (Lipinski definition) is 2. The summed E-state index contributed by atoms with van der Waals surface area (Å²) in [5, 5.41) is 6.69. The predicted octanol–water partition coefficient (Wildman–Crippen LogP) is 1.03. The fraction of sp³-hybridized carbons (Fsp3) is 0.941. The van der Waals surface area contributed by atoms with Crippen molar-refractivity contribution < 1.29 is 17.9 Å². The summed E-state index contributed by atoms with van der Waals surface area (Å²) in [6.07, 6.45) is 3.62. The summed E-state index contributed by atoms with van der Waals surface area (Å²) < 4.78 is 36.4. The van der Waals surface area contributed by atoms with Crippen molar-refractivity contribution >= 4 is 40.0 Å². The highest BCUT2D eigenvalue weighted by Gasteiger charge is 2.26. The minimum Gasteiger partial charge on any atom is -0.381 e. The van der Waals surface area contributed by atoms with E-state index in [1.54, 1.807) is 18.3 Å². The summed E-state index contributed by atoms with van der Waals surface area (Å²) >= 11 is 0. The Morgan fingerprint density at radius 3 is 2.63 bits per heavy atom. The largest absolute Gasteiger partial charge is 0.381 e. The van der Waals surface area contributed by atoms with Gasteiger partial charge >= 0.3 is 0 Å². The molecule has 0 radical (unpaired) electrons. The molecule has 0 aromatic rings. The smallest absolute Gasteiger partial charge is 0.213 e. The van der Waals surface area contributed by atoms with Gasteiger partial charge in [0.1, 0.15) is 0 Å². The maximum Gasteiger partial charge on any atom is 0.213 e. The van der Waals surface area contributed by atoms with Crippen LogP contribution in [0, 0.1) is 5.92 Å². The molecule has 0 aromatic heterocycles. The van der Waals surface area contributed by atoms with Crippen molar-refractivity contribution in [1.29, 1.82) is 0 Å². The summed E-state index contributed by atoms with van der Waals surface area (Å²) in [5.74, 6) is 1.50. The van der Waals surface area contributed by atoms with Crippen LogP contribution in [0.1, 0.15) is 32.6 Å². The van der Waals surface area contributed by atoms with Gasteiger partial charge in [-0.2, -0.15) is 0 Å². The lowest BCUT2D eigenvalue weighted by molar-refractivity contribution is 0.0888. The number of nitrogens with one attached hydrogen (secondary N) is 2. The van der Waals surface area contributed by atoms with Crippen LogP contribution in [0.25, 0.3) is 0 Å². The average Bonchev–Trinajstić information content (AvgIpc) is 3.17. The third kappa shape index (κ3) is 8.80. The van der Waals surface area contributed by atoms with E-state index in [0.717, 1.165) is 64.6 Å². The maximum absolute atomic E-state index is 11.9. The van der Waals surface area contributed by atoms with Crippen molar-refractivity contribution in [3.05, 3.63) is 0 Å². The molecule has 2 rings (SSSR count). The highest BCUT2D eigenvalue weighted by molar-refractivity contribution is 14.0. The molecule has 10 heteroatoms. The number of piperidine rings is 1. The summed E-state index contributed by atoms with van der Waals surface area (Å²) in [4.78, 5) is 4.25. The van der Waals surface area contributed by atoms with E-state index in [2.05, 4.69) is 15.6 Å². The second kappa shape index (κ2) is 13.1. The van der Waals surface area contributed by atoms with Crippen LogP contribution in [0.15, 0.2) is 4.99 Å². The van der Waals surface area contributed by atoms with Gasteiger partial charge in [0.25, 0.3) is 0 Å². The van der Waals surface area contributed by atoms with Crippen molar-refractivity contribution in [3.63, 3.8) is 0 Å². The zero-order valence-electron chi connectivity index (χ0n) is 16.5. The predicted molar refractivity (Wildman–Crippen MR) is 118 cm³/mol. The highest BCUT2D eigenvalue weighted by Crippen LogP contribution is 2.14. The van der Waals surface area contributed by atoms with Gasteiger partial charge in [-0.15, -0.1) is 24.0 Å². The van der Waals surface area contributed by atoms with Gasteiger partial charge in [-0.1, -0.05) is 0 Å². The maximum atomic E-state index is 11.9. The number of nitrogens with zero attached hydrogens (tertiary/aromatic N) is 2. The molecule has 2 fully saturated rings. The molecule has 27 heavy (non-hydrogen) atoms. The van der Waals surface area contributed by atoms with Gasteiger partial charge in [-0.05, 0) is 32.6 Å². The first-order valence-corrected chi connectivity index (χ1v) is 11.3. The Morgan fingerprint density at radius 2 is 2.04 bits per heavy atom. The van der Waals surface area contributed by atoms with Crippen molar-refractivity contribution in [3.8, 4) is 0 Å². The molecule has 0 amide bonds. The molecule has 0 aliphatic carbocycles. The van der Waals surface area contributed by atoms with E-state index >= 15 is 0 Å². The molecule has 0 saturated carbocycles. The normalized spacial score (nSPS) is 22.4. The molecule has 1 unspecified atom stereocenters. The quantitative estimate of drug-likeness (QED) is 0.205. The number of hydrogen-bond acceptors (Lipinski definition) is 5. The van der Waals surface area contributed by atoms with Gasteiger partial charge in [0.2, 0.25) is 10.0 Å². The van der Waals surface area contributed by atoms with E-state index in [0.29, 0.717) is 19.0 Å². The van der Waals surface area contributed by atoms with Crippen molar-refractivity contribution in [2.24, 2.45) is 10.9 Å². The molecule has 0 bridgehead atoms. The first-order valence-electron chi connectivity index (χ1n) is 9.65. The van der Waals surface area contributed by atoms with Crippen molar-refractivity contribution in [1.82, 2.24) is 14.9 Å². The Hall–Kier alpha value is -0.170. The molecule has 2 aliphatic rings. The Morgan fingerprint density at radius 1 is 1.30 bits per heavy atom. The molecule has 160 valence electrons. The molecule has 2 saturated heterocycles. The lowest BCUT2D eigenvalue weighted by atomic mass is 10.1. The summed E-state index contributed by atoms with van der Waals surface area (Å²) in [7, 11) is -1.32. The average molecular weight is 518 g/mol. The van der Waals surface area contributed by atoms with Crippen LogP contribution in [-0.4, -0.2) is 83.6 Å². The topological polar surface area (TPSA) is 92.3 Å². The van der Waals surface area contributed by atoms with Crippen molar-refractivity contribution in [2.75, 3.05) is 58.9 Å². The SMILES string of the molecule is CCS(=O)(=O)N1CCC(NC(=NC)NCCCOCC2CCOC2)CC1.I. The lowest BCUT2D eigenvalue weighted by Crippen LogP contribution is -2.50. The van der Waals surface area contributed by atoms with Crippen LogP contribution in [0.3, 0.4) is 0 Å². The molecule has 2 N–H and O–H groups in total. The number of rotatable bonds is 9. The Kier molecular flexibility index (Phi) is 12.1. The molecular formula is C17H35IN4O4S. The highest BCUT2D eigenvalue weighted by atomic mass is 127. The van der Waals surface area contributed by atoms with E-state index in [-0.39, 0.29) is 35.8 Å². The number of halogens is 1. The zero-order valence-corrected chi connectivity index (χ0v) is 19.6. The monoisotopic (exact) mass is 518 g/mol. The van der Waals surface area contributed by atoms with Crippen LogP contribution in [0.4, 0.5) is 0 Å². The van der Waals surface area contributed by atoms with E-state index in [1.807, 2.05) is 0 Å². The third-order valence-electron chi connectivity index (χ3n) is 4.91. The third-order valence-corrected chi connectivity index (χ3v) is 6.79. The Labute approximate surface area is 180 Å². The standard InChI is InChI=1S/C17H34N4O4S.HI/c1-3-26(22,23)21-9-5-16(6-10-21)20-17(18-2)19-8-4-11-24-13-15-7-12-25-14-15;/h15-16H,3-14H2,1-2H3,(H2,18,19,20);1H. The minimum absolute atomic E-state index is 0. The summed E-state index contributed by atoms with van der Waals surface area (Å²) in [5.41, 5.74) is 0. The van der Waals surface area contributed by atoms with Gasteiger partial charge in [0.15, 0.2) is 5.96 Å². The van der Waals surface area contributed by atoms with Gasteiger partial charge in [0.05, 0.1) is 19.0 Å². The lowest BCUT2D eigenvalue weighted by Gasteiger charge is -2.32. The van der Waals surface area contributed by atoms with Gasteiger partial charge in [-0.25, -0.2) is 12.7 Å². The number of sulfonamides is 1. The molecule has 2 heterocycles. The summed E-state index contributed by atoms with van der Waals surface area (Å²) in [6, 6.07) is 0.253. The zero-order chi connectivity index (χ0) is 18.8. The molecule has 1 atom stereocenters. The van der Waals surface area contributed by atoms with Crippen LogP contribution < -0.4 is 10.6 Å². The summed E-state index contributed by atoms with van der Waals surface area (Å²) in [6.45, 7) is 6.84. The molecule has 8 nitrogen and oxygen atoms in total. The van der Waals surface area contributed by atoms with Crippen LogP contribution in [0.2, 0.25) is 0 Å². The van der Waals surface area contributed by atoms with Crippen LogP contribution in [-0.2, 0) is 19.5 Å². The second-order valence-corrected chi connectivity index (χ2v) is 9.13. The molecule has 0 spiro atoms. The minimum atomic E-state index is -3.07. The molecule has 0 aromatic carbocycles.